The van der Waals surface area contributed by atoms with Crippen LogP contribution in [0.2, 0.25) is 5.02 Å². The third-order valence-corrected chi connectivity index (χ3v) is 5.22. The van der Waals surface area contributed by atoms with Crippen molar-refractivity contribution >= 4 is 46.1 Å². The highest BCUT2D eigenvalue weighted by molar-refractivity contribution is 6.31. The van der Waals surface area contributed by atoms with Gasteiger partial charge in [-0.05, 0) is 54.6 Å². The van der Waals surface area contributed by atoms with Crippen LogP contribution in [0.1, 0.15) is 15.9 Å². The molecule has 2 amide bonds. The van der Waals surface area contributed by atoms with Crippen molar-refractivity contribution in [3.63, 3.8) is 0 Å². The van der Waals surface area contributed by atoms with Gasteiger partial charge in [0.15, 0.2) is 0 Å². The molecule has 0 aliphatic heterocycles. The fourth-order valence-corrected chi connectivity index (χ4v) is 3.42. The van der Waals surface area contributed by atoms with Gasteiger partial charge < -0.3 is 20.4 Å². The Balaban J connectivity index is 1.71. The van der Waals surface area contributed by atoms with E-state index in [0.29, 0.717) is 16.9 Å². The minimum atomic E-state index is -0.601. The number of benzene rings is 3. The molecule has 4 rings (SSSR count). The molecular formula is C25H19ClFN3O3. The third kappa shape index (κ3) is 5.05. The summed E-state index contributed by atoms with van der Waals surface area (Å²) in [5.74, 6) is -1.00. The molecule has 0 atom stereocenters. The van der Waals surface area contributed by atoms with Crippen molar-refractivity contribution in [2.45, 2.75) is 0 Å². The Morgan fingerprint density at radius 3 is 2.58 bits per heavy atom. The molecule has 8 heteroatoms. The van der Waals surface area contributed by atoms with Gasteiger partial charge in [0.2, 0.25) is 0 Å². The maximum absolute atomic E-state index is 13.5. The average molecular weight is 464 g/mol. The fraction of sp³-hybridized carbons (Fsp3) is 0.0400. The molecule has 0 unspecified atom stereocenters. The number of methoxy groups -OCH3 is 1. The second-order valence-corrected chi connectivity index (χ2v) is 7.52. The van der Waals surface area contributed by atoms with Gasteiger partial charge >= 0.3 is 0 Å². The van der Waals surface area contributed by atoms with Crippen molar-refractivity contribution in [1.29, 1.82) is 0 Å². The zero-order chi connectivity index (χ0) is 23.4. The molecule has 0 saturated carbocycles. The maximum atomic E-state index is 13.5. The zero-order valence-electron chi connectivity index (χ0n) is 17.5. The van der Waals surface area contributed by atoms with Crippen LogP contribution in [0.4, 0.5) is 10.1 Å². The summed E-state index contributed by atoms with van der Waals surface area (Å²) in [6.07, 6.45) is 3.28. The maximum Gasteiger partial charge on any atom is 0.272 e. The van der Waals surface area contributed by atoms with E-state index in [-0.39, 0.29) is 16.4 Å². The molecule has 3 aromatic carbocycles. The van der Waals surface area contributed by atoms with E-state index >= 15 is 0 Å². The van der Waals surface area contributed by atoms with Gasteiger partial charge in [-0.15, -0.1) is 0 Å². The summed E-state index contributed by atoms with van der Waals surface area (Å²) in [4.78, 5) is 29.0. The third-order valence-electron chi connectivity index (χ3n) is 4.93. The topological polar surface area (TPSA) is 83.2 Å². The summed E-state index contributed by atoms with van der Waals surface area (Å²) in [6, 6.07) is 17.8. The van der Waals surface area contributed by atoms with Crippen molar-refractivity contribution in [2.24, 2.45) is 0 Å². The number of fused-ring (bicyclic) bond motifs is 1. The van der Waals surface area contributed by atoms with Gasteiger partial charge in [0.25, 0.3) is 11.8 Å². The van der Waals surface area contributed by atoms with Gasteiger partial charge in [-0.2, -0.15) is 0 Å². The number of ether oxygens (including phenoxy) is 1. The zero-order valence-corrected chi connectivity index (χ0v) is 18.2. The Bertz CT molecular complexity index is 1370. The number of aromatic nitrogens is 1. The number of aromatic amines is 1. The number of halogens is 2. The Hall–Kier alpha value is -4.10. The predicted octanol–water partition coefficient (Wildman–Crippen LogP) is 5.38. The first-order valence-electron chi connectivity index (χ1n) is 9.94. The largest absolute Gasteiger partial charge is 0.497 e. The van der Waals surface area contributed by atoms with Crippen molar-refractivity contribution < 1.29 is 18.7 Å². The molecule has 6 nitrogen and oxygen atoms in total. The normalized spacial score (nSPS) is 11.3. The number of rotatable bonds is 6. The van der Waals surface area contributed by atoms with Crippen molar-refractivity contribution in [3.8, 4) is 5.75 Å². The van der Waals surface area contributed by atoms with E-state index in [4.69, 9.17) is 16.3 Å². The highest BCUT2D eigenvalue weighted by Crippen LogP contribution is 2.26. The summed E-state index contributed by atoms with van der Waals surface area (Å²) in [5.41, 5.74) is 2.17. The van der Waals surface area contributed by atoms with E-state index in [1.165, 1.54) is 12.1 Å². The highest BCUT2D eigenvalue weighted by atomic mass is 35.5. The number of nitrogens with one attached hydrogen (secondary N) is 3. The number of H-pyrrole nitrogens is 1. The summed E-state index contributed by atoms with van der Waals surface area (Å²) in [7, 11) is 1.57. The summed E-state index contributed by atoms with van der Waals surface area (Å²) >= 11 is 5.82. The second-order valence-electron chi connectivity index (χ2n) is 7.12. The first-order chi connectivity index (χ1) is 15.9. The molecule has 0 fully saturated rings. The smallest absolute Gasteiger partial charge is 0.272 e. The summed E-state index contributed by atoms with van der Waals surface area (Å²) in [5, 5.41) is 5.99. The van der Waals surface area contributed by atoms with Crippen LogP contribution in [0, 0.1) is 5.82 Å². The van der Waals surface area contributed by atoms with Crippen LogP contribution in [0.5, 0.6) is 5.75 Å². The van der Waals surface area contributed by atoms with Crippen LogP contribution in [0.15, 0.2) is 78.6 Å². The van der Waals surface area contributed by atoms with Crippen molar-refractivity contribution in [2.75, 3.05) is 12.4 Å². The molecule has 0 aliphatic rings. The van der Waals surface area contributed by atoms with Crippen molar-refractivity contribution in [3.05, 3.63) is 101 Å². The predicted molar refractivity (Wildman–Crippen MR) is 127 cm³/mol. The molecule has 4 aromatic rings. The lowest BCUT2D eigenvalue weighted by atomic mass is 10.1. The van der Waals surface area contributed by atoms with Crippen LogP contribution in [-0.4, -0.2) is 23.9 Å². The molecule has 1 aromatic heterocycles. The van der Waals surface area contributed by atoms with E-state index in [9.17, 15) is 14.0 Å². The number of anilines is 1. The quantitative estimate of drug-likeness (QED) is 0.336. The monoisotopic (exact) mass is 463 g/mol. The first-order valence-corrected chi connectivity index (χ1v) is 10.3. The molecular weight excluding hydrogens is 445 g/mol. The molecule has 166 valence electrons. The minimum absolute atomic E-state index is 0.00646. The highest BCUT2D eigenvalue weighted by Gasteiger charge is 2.17. The van der Waals surface area contributed by atoms with E-state index in [2.05, 4.69) is 15.6 Å². The number of carbonyl (C=O) groups is 2. The number of hydrogen-bond acceptors (Lipinski definition) is 3. The fourth-order valence-electron chi connectivity index (χ4n) is 3.24. The SMILES string of the molecule is COc1ccc2[nH]cc(/C=C(\NC(=O)c3ccccc3)C(=O)Nc3ccc(F)c(Cl)c3)c2c1. The molecule has 33 heavy (non-hydrogen) atoms. The van der Waals surface area contributed by atoms with Crippen molar-refractivity contribution in [1.82, 2.24) is 10.3 Å². The number of amides is 2. The van der Waals surface area contributed by atoms with E-state index in [1.54, 1.807) is 49.7 Å². The molecule has 1 heterocycles. The first kappa shape index (κ1) is 22.1. The molecule has 0 bridgehead atoms. The average Bonchev–Trinajstić information content (AvgIpc) is 3.23. The minimum Gasteiger partial charge on any atom is -0.497 e. The Kier molecular flexibility index (Phi) is 6.42. The number of hydrogen-bond donors (Lipinski definition) is 3. The Morgan fingerprint density at radius 1 is 1.06 bits per heavy atom. The van der Waals surface area contributed by atoms with E-state index < -0.39 is 17.6 Å². The lowest BCUT2D eigenvalue weighted by Crippen LogP contribution is -2.30. The molecule has 0 aliphatic carbocycles. The summed E-state index contributed by atoms with van der Waals surface area (Å²) < 4.78 is 18.8. The van der Waals surface area contributed by atoms with Gasteiger partial charge in [0, 0.05) is 33.9 Å². The van der Waals surface area contributed by atoms with Crippen LogP contribution >= 0.6 is 11.6 Å². The summed E-state index contributed by atoms with van der Waals surface area (Å²) in [6.45, 7) is 0. The van der Waals surface area contributed by atoms with Gasteiger partial charge in [-0.1, -0.05) is 29.8 Å². The van der Waals surface area contributed by atoms with E-state index in [1.807, 2.05) is 18.2 Å². The lowest BCUT2D eigenvalue weighted by molar-refractivity contribution is -0.113. The molecule has 0 saturated heterocycles. The van der Waals surface area contributed by atoms with E-state index in [0.717, 1.165) is 17.0 Å². The lowest BCUT2D eigenvalue weighted by Gasteiger charge is -2.12. The standard InChI is InChI=1S/C25H19ClFN3O3/c1-33-18-8-10-22-19(13-18)16(14-28-22)11-23(30-24(31)15-5-3-2-4-6-15)25(32)29-17-7-9-21(27)20(26)12-17/h2-14,28H,1H3,(H,29,32)(H,30,31)/b23-11-. The number of carbonyl (C=O) groups excluding carboxylic acids is 2. The van der Waals surface area contributed by atoms with Crippen LogP contribution in [0.3, 0.4) is 0 Å². The second kappa shape index (κ2) is 9.58. The Morgan fingerprint density at radius 2 is 1.85 bits per heavy atom. The van der Waals surface area contributed by atoms with Gasteiger partial charge in [0.05, 0.1) is 12.1 Å². The van der Waals surface area contributed by atoms with Gasteiger partial charge in [-0.3, -0.25) is 9.59 Å². The van der Waals surface area contributed by atoms with Crippen LogP contribution in [-0.2, 0) is 4.79 Å². The Labute approximate surface area is 194 Å². The van der Waals surface area contributed by atoms with Gasteiger partial charge in [-0.25, -0.2) is 4.39 Å². The molecule has 0 radical (unpaired) electrons. The van der Waals surface area contributed by atoms with Crippen LogP contribution < -0.4 is 15.4 Å². The van der Waals surface area contributed by atoms with Crippen LogP contribution in [0.25, 0.3) is 17.0 Å². The molecule has 3 N–H and O–H groups in total. The molecule has 0 spiro atoms. The van der Waals surface area contributed by atoms with Gasteiger partial charge in [0.1, 0.15) is 17.3 Å².